The van der Waals surface area contributed by atoms with Gasteiger partial charge in [-0.3, -0.25) is 0 Å². The fourth-order valence-electron chi connectivity index (χ4n) is 0. The van der Waals surface area contributed by atoms with Crippen LogP contribution in [0.3, 0.4) is 0 Å². The van der Waals surface area contributed by atoms with Crippen LogP contribution < -0.4 is 0 Å². The van der Waals surface area contributed by atoms with Gasteiger partial charge >= 0.3 is 0 Å². The number of halogens is 4. The van der Waals surface area contributed by atoms with Crippen molar-refractivity contribution >= 4 is 67.9 Å². The average molecular weight is 507 g/mol. The minimum Gasteiger partial charge on any atom is -0.114 e. The summed E-state index contributed by atoms with van der Waals surface area (Å²) >= 11 is 0. The maximum Gasteiger partial charge on any atom is 0 e. The van der Waals surface area contributed by atoms with Crippen LogP contribution in [0.2, 0.25) is 0 Å². The minimum absolute atomic E-state index is 0. The van der Waals surface area contributed by atoms with Crippen molar-refractivity contribution in [3.8, 4) is 0 Å². The quantitative estimate of drug-likeness (QED) is 0.472. The van der Waals surface area contributed by atoms with E-state index in [1.165, 1.54) is 0 Å². The molecular weight excluding hydrogens is 503 g/mol. The topological polar surface area (TPSA) is 0 Å². The Balaban J connectivity index is 0. The van der Waals surface area contributed by atoms with Crippen molar-refractivity contribution in [3.63, 3.8) is 0 Å². The molecule has 5 heavy (non-hydrogen) atoms. The SMILES string of the molecule is Br.Br.Br.Br.[W]. The summed E-state index contributed by atoms with van der Waals surface area (Å²) in [7, 11) is 0. The maximum absolute atomic E-state index is 0. The first-order chi connectivity index (χ1) is 0. The van der Waals surface area contributed by atoms with Crippen molar-refractivity contribution in [2.45, 2.75) is 0 Å². The molecule has 0 saturated carbocycles. The van der Waals surface area contributed by atoms with Crippen LogP contribution in [0.1, 0.15) is 0 Å². The monoisotopic (exact) mass is 504 g/mol. The Morgan fingerprint density at radius 2 is 0.400 bits per heavy atom. The van der Waals surface area contributed by atoms with Gasteiger partial charge in [-0.2, -0.15) is 0 Å². The van der Waals surface area contributed by atoms with E-state index >= 15 is 0 Å². The number of hydrogen-bond acceptors (Lipinski definition) is 0. The molecule has 0 aliphatic carbocycles. The van der Waals surface area contributed by atoms with E-state index in [2.05, 4.69) is 0 Å². The van der Waals surface area contributed by atoms with Crippen molar-refractivity contribution in [2.75, 3.05) is 0 Å². The normalized spacial score (nSPS) is 0. The maximum atomic E-state index is 0. The summed E-state index contributed by atoms with van der Waals surface area (Å²) in [4.78, 5) is 0. The zero-order chi connectivity index (χ0) is 0. The van der Waals surface area contributed by atoms with Gasteiger partial charge in [0.25, 0.3) is 0 Å². The Labute approximate surface area is 87.8 Å². The van der Waals surface area contributed by atoms with E-state index in [0.29, 0.717) is 0 Å². The summed E-state index contributed by atoms with van der Waals surface area (Å²) in [5.41, 5.74) is 0. The van der Waals surface area contributed by atoms with Crippen LogP contribution in [0.4, 0.5) is 0 Å². The van der Waals surface area contributed by atoms with Crippen LogP contribution in [0.5, 0.6) is 0 Å². The zero-order valence-corrected chi connectivity index (χ0v) is 11.8. The second-order valence-electron chi connectivity index (χ2n) is 0. The van der Waals surface area contributed by atoms with Crippen molar-refractivity contribution in [1.29, 1.82) is 0 Å². The molecule has 0 spiro atoms. The third-order valence-electron chi connectivity index (χ3n) is 0. The Morgan fingerprint density at radius 3 is 0.400 bits per heavy atom. The molecule has 0 N–H and O–H groups in total. The summed E-state index contributed by atoms with van der Waals surface area (Å²) in [5.74, 6) is 0. The Hall–Kier alpha value is 2.61. The Kier molecular flexibility index (Phi) is 298. The molecule has 0 fully saturated rings. The molecule has 0 aliphatic heterocycles. The summed E-state index contributed by atoms with van der Waals surface area (Å²) in [6.45, 7) is 0. The predicted octanol–water partition coefficient (Wildman–Crippen LogP) is 2.31. The summed E-state index contributed by atoms with van der Waals surface area (Å²) < 4.78 is 0. The molecule has 0 aromatic rings. The van der Waals surface area contributed by atoms with Gasteiger partial charge in [-0.15, -0.1) is 67.9 Å². The van der Waals surface area contributed by atoms with Crippen molar-refractivity contribution in [2.24, 2.45) is 0 Å². The van der Waals surface area contributed by atoms with E-state index in [-0.39, 0.29) is 89.0 Å². The van der Waals surface area contributed by atoms with Crippen LogP contribution in [0, 0.1) is 0 Å². The molecule has 0 nitrogen and oxygen atoms in total. The first kappa shape index (κ1) is 48.8. The van der Waals surface area contributed by atoms with Gasteiger partial charge in [-0.25, -0.2) is 0 Å². The van der Waals surface area contributed by atoms with E-state index in [9.17, 15) is 0 Å². The second kappa shape index (κ2) is 30.6. The van der Waals surface area contributed by atoms with Crippen molar-refractivity contribution in [1.82, 2.24) is 0 Å². The molecule has 0 aliphatic rings. The van der Waals surface area contributed by atoms with Crippen molar-refractivity contribution in [3.05, 3.63) is 0 Å². The van der Waals surface area contributed by atoms with Gasteiger partial charge in [0.15, 0.2) is 0 Å². The average Bonchev–Trinajstić information content (AvgIpc) is 0. The van der Waals surface area contributed by atoms with Crippen LogP contribution in [0.15, 0.2) is 0 Å². The first-order valence-electron chi connectivity index (χ1n) is 0. The Bertz CT molecular complexity index is 3.61. The molecule has 5 heteroatoms. The zero-order valence-electron chi connectivity index (χ0n) is 2.04. The van der Waals surface area contributed by atoms with E-state index < -0.39 is 0 Å². The van der Waals surface area contributed by atoms with Gasteiger partial charge in [0, 0.05) is 21.1 Å². The van der Waals surface area contributed by atoms with E-state index in [1.54, 1.807) is 0 Å². The van der Waals surface area contributed by atoms with Crippen LogP contribution in [-0.2, 0) is 21.1 Å². The molecule has 0 heterocycles. The number of hydrogen-bond donors (Lipinski definition) is 0. The molecular formula is H4Br4W. The van der Waals surface area contributed by atoms with Gasteiger partial charge in [0.05, 0.1) is 0 Å². The predicted molar refractivity (Wildman–Crippen MR) is 41.3 cm³/mol. The molecule has 0 unspecified atom stereocenters. The summed E-state index contributed by atoms with van der Waals surface area (Å²) in [6.07, 6.45) is 0. The van der Waals surface area contributed by atoms with E-state index in [4.69, 9.17) is 0 Å². The standard InChI is InChI=1S/4BrH.W/h4*1H;. The van der Waals surface area contributed by atoms with Gasteiger partial charge in [-0.05, 0) is 0 Å². The molecule has 0 rings (SSSR count). The van der Waals surface area contributed by atoms with Gasteiger partial charge < -0.3 is 0 Å². The number of rotatable bonds is 0. The summed E-state index contributed by atoms with van der Waals surface area (Å²) in [5, 5.41) is 0. The molecule has 0 aromatic carbocycles. The molecule has 0 saturated heterocycles. The van der Waals surface area contributed by atoms with E-state index in [1.807, 2.05) is 0 Å². The fraction of sp³-hybridized carbons (Fsp3) is 0. The molecule has 0 bridgehead atoms. The minimum atomic E-state index is 0. The molecule has 0 atom stereocenters. The molecule has 0 aromatic heterocycles. The molecule has 0 amide bonds. The summed E-state index contributed by atoms with van der Waals surface area (Å²) in [6, 6.07) is 0. The van der Waals surface area contributed by atoms with Gasteiger partial charge in [-0.1, -0.05) is 0 Å². The largest absolute Gasteiger partial charge is 0.114 e. The molecule has 0 radical (unpaired) electrons. The van der Waals surface area contributed by atoms with Crippen molar-refractivity contribution < 1.29 is 21.1 Å². The Morgan fingerprint density at radius 1 is 0.400 bits per heavy atom. The molecule has 38 valence electrons. The van der Waals surface area contributed by atoms with Gasteiger partial charge in [0.1, 0.15) is 0 Å². The third-order valence-corrected chi connectivity index (χ3v) is 0. The first-order valence-corrected chi connectivity index (χ1v) is 0. The fourth-order valence-corrected chi connectivity index (χ4v) is 0. The van der Waals surface area contributed by atoms with Crippen LogP contribution in [0.25, 0.3) is 0 Å². The third kappa shape index (κ3) is 20.6. The van der Waals surface area contributed by atoms with E-state index in [0.717, 1.165) is 0 Å². The van der Waals surface area contributed by atoms with Gasteiger partial charge in [0.2, 0.25) is 0 Å². The second-order valence-corrected chi connectivity index (χ2v) is 0. The van der Waals surface area contributed by atoms with Crippen LogP contribution in [-0.4, -0.2) is 0 Å². The van der Waals surface area contributed by atoms with Crippen LogP contribution >= 0.6 is 67.9 Å². The smallest absolute Gasteiger partial charge is 0 e.